The van der Waals surface area contributed by atoms with E-state index in [9.17, 15) is 13.6 Å². The standard InChI is InChI=1S/C12H14F2N2O2/c13-9-5-8(6-10(14)11(9)12(15)17)7-16-1-3-18-4-2-16/h5-6H,1-4,7H2,(H2,15,17). The minimum absolute atomic E-state index is 0.427. The molecule has 1 amide bonds. The van der Waals surface area contributed by atoms with Gasteiger partial charge in [0.25, 0.3) is 5.91 Å². The van der Waals surface area contributed by atoms with Gasteiger partial charge in [0.05, 0.1) is 13.2 Å². The highest BCUT2D eigenvalue weighted by molar-refractivity contribution is 5.93. The third-order valence-corrected chi connectivity index (χ3v) is 2.86. The van der Waals surface area contributed by atoms with E-state index in [1.165, 1.54) is 0 Å². The Morgan fingerprint density at radius 3 is 2.33 bits per heavy atom. The molecule has 1 fully saturated rings. The summed E-state index contributed by atoms with van der Waals surface area (Å²) < 4.78 is 32.2. The molecule has 0 spiro atoms. The molecule has 0 bridgehead atoms. The van der Waals surface area contributed by atoms with E-state index in [1.807, 2.05) is 4.90 Å². The lowest BCUT2D eigenvalue weighted by Gasteiger charge is -2.26. The van der Waals surface area contributed by atoms with Crippen molar-refractivity contribution in [2.75, 3.05) is 26.3 Å². The highest BCUT2D eigenvalue weighted by Crippen LogP contribution is 2.16. The number of primary amides is 1. The van der Waals surface area contributed by atoms with E-state index in [1.54, 1.807) is 0 Å². The topological polar surface area (TPSA) is 55.6 Å². The second kappa shape index (κ2) is 5.41. The van der Waals surface area contributed by atoms with Crippen LogP contribution in [0.1, 0.15) is 15.9 Å². The van der Waals surface area contributed by atoms with Gasteiger partial charge in [0, 0.05) is 19.6 Å². The maximum absolute atomic E-state index is 13.5. The molecule has 0 radical (unpaired) electrons. The fourth-order valence-corrected chi connectivity index (χ4v) is 1.97. The van der Waals surface area contributed by atoms with E-state index >= 15 is 0 Å². The summed E-state index contributed by atoms with van der Waals surface area (Å²) in [5.74, 6) is -2.92. The van der Waals surface area contributed by atoms with Crippen molar-refractivity contribution in [1.82, 2.24) is 4.90 Å². The van der Waals surface area contributed by atoms with Crippen LogP contribution < -0.4 is 5.73 Å². The van der Waals surface area contributed by atoms with E-state index in [2.05, 4.69) is 0 Å². The number of nitrogens with zero attached hydrogens (tertiary/aromatic N) is 1. The largest absolute Gasteiger partial charge is 0.379 e. The highest BCUT2D eigenvalue weighted by atomic mass is 19.1. The molecule has 6 heteroatoms. The second-order valence-corrected chi connectivity index (χ2v) is 4.19. The van der Waals surface area contributed by atoms with E-state index in [0.29, 0.717) is 25.3 Å². The Hall–Kier alpha value is -1.53. The molecule has 0 aromatic heterocycles. The lowest BCUT2D eigenvalue weighted by molar-refractivity contribution is 0.0341. The van der Waals surface area contributed by atoms with Gasteiger partial charge in [-0.1, -0.05) is 0 Å². The summed E-state index contributed by atoms with van der Waals surface area (Å²) in [6.45, 7) is 3.10. The third-order valence-electron chi connectivity index (χ3n) is 2.86. The van der Waals surface area contributed by atoms with Crippen molar-refractivity contribution in [3.63, 3.8) is 0 Å². The maximum atomic E-state index is 13.5. The molecule has 1 heterocycles. The number of hydrogen-bond donors (Lipinski definition) is 1. The van der Waals surface area contributed by atoms with E-state index in [0.717, 1.165) is 25.2 Å². The molecule has 1 aromatic rings. The number of nitrogens with two attached hydrogens (primary N) is 1. The lowest BCUT2D eigenvalue weighted by atomic mass is 10.1. The molecule has 18 heavy (non-hydrogen) atoms. The SMILES string of the molecule is NC(=O)c1c(F)cc(CN2CCOCC2)cc1F. The fourth-order valence-electron chi connectivity index (χ4n) is 1.97. The minimum Gasteiger partial charge on any atom is -0.379 e. The van der Waals surface area contributed by atoms with Gasteiger partial charge < -0.3 is 10.5 Å². The maximum Gasteiger partial charge on any atom is 0.254 e. The molecule has 0 saturated carbocycles. The Kier molecular flexibility index (Phi) is 3.88. The van der Waals surface area contributed by atoms with Gasteiger partial charge in [-0.15, -0.1) is 0 Å². The van der Waals surface area contributed by atoms with Crippen LogP contribution in [0.25, 0.3) is 0 Å². The zero-order chi connectivity index (χ0) is 13.1. The summed E-state index contributed by atoms with van der Waals surface area (Å²) in [5.41, 5.74) is 4.71. The van der Waals surface area contributed by atoms with Gasteiger partial charge in [0.15, 0.2) is 0 Å². The predicted molar refractivity (Wildman–Crippen MR) is 61.0 cm³/mol. The highest BCUT2D eigenvalue weighted by Gasteiger charge is 2.18. The van der Waals surface area contributed by atoms with Crippen LogP contribution >= 0.6 is 0 Å². The van der Waals surface area contributed by atoms with E-state index < -0.39 is 23.1 Å². The average Bonchev–Trinajstić information content (AvgIpc) is 2.28. The number of carbonyl (C=O) groups is 1. The van der Waals surface area contributed by atoms with Gasteiger partial charge in [-0.25, -0.2) is 8.78 Å². The first-order chi connectivity index (χ1) is 8.58. The van der Waals surface area contributed by atoms with Crippen LogP contribution in [-0.2, 0) is 11.3 Å². The van der Waals surface area contributed by atoms with Crippen LogP contribution in [0.3, 0.4) is 0 Å². The van der Waals surface area contributed by atoms with Gasteiger partial charge in [0.1, 0.15) is 17.2 Å². The van der Waals surface area contributed by atoms with Crippen molar-refractivity contribution < 1.29 is 18.3 Å². The monoisotopic (exact) mass is 256 g/mol. The summed E-state index contributed by atoms with van der Waals surface area (Å²) in [4.78, 5) is 12.9. The molecule has 0 aliphatic carbocycles. The van der Waals surface area contributed by atoms with Crippen molar-refractivity contribution in [3.8, 4) is 0 Å². The van der Waals surface area contributed by atoms with E-state index in [-0.39, 0.29) is 0 Å². The van der Waals surface area contributed by atoms with Crippen LogP contribution in [0.4, 0.5) is 8.78 Å². The van der Waals surface area contributed by atoms with Crippen molar-refractivity contribution in [2.45, 2.75) is 6.54 Å². The van der Waals surface area contributed by atoms with Crippen molar-refractivity contribution >= 4 is 5.91 Å². The van der Waals surface area contributed by atoms with Crippen molar-refractivity contribution in [2.24, 2.45) is 5.73 Å². The Labute approximate surface area is 103 Å². The normalized spacial score (nSPS) is 16.8. The van der Waals surface area contributed by atoms with Crippen LogP contribution in [0.2, 0.25) is 0 Å². The first-order valence-electron chi connectivity index (χ1n) is 5.66. The predicted octanol–water partition coefficient (Wildman–Crippen LogP) is 0.896. The van der Waals surface area contributed by atoms with Crippen LogP contribution in [0, 0.1) is 11.6 Å². The van der Waals surface area contributed by atoms with Crippen molar-refractivity contribution in [1.29, 1.82) is 0 Å². The van der Waals surface area contributed by atoms with Crippen LogP contribution in [0.15, 0.2) is 12.1 Å². The first-order valence-corrected chi connectivity index (χ1v) is 5.66. The number of benzene rings is 1. The summed E-state index contributed by atoms with van der Waals surface area (Å²) in [6, 6.07) is 2.30. The molecular weight excluding hydrogens is 242 g/mol. The number of carbonyl (C=O) groups excluding carboxylic acids is 1. The van der Waals surface area contributed by atoms with Crippen molar-refractivity contribution in [3.05, 3.63) is 34.9 Å². The van der Waals surface area contributed by atoms with Crippen LogP contribution in [-0.4, -0.2) is 37.1 Å². The Morgan fingerprint density at radius 1 is 1.28 bits per heavy atom. The van der Waals surface area contributed by atoms with Gasteiger partial charge in [0.2, 0.25) is 0 Å². The fraction of sp³-hybridized carbons (Fsp3) is 0.417. The summed E-state index contributed by atoms with van der Waals surface area (Å²) in [5, 5.41) is 0. The average molecular weight is 256 g/mol. The molecule has 0 atom stereocenters. The smallest absolute Gasteiger partial charge is 0.254 e. The summed E-state index contributed by atoms with van der Waals surface area (Å²) in [6.07, 6.45) is 0. The van der Waals surface area contributed by atoms with E-state index in [4.69, 9.17) is 10.5 Å². The first kappa shape index (κ1) is 12.9. The number of rotatable bonds is 3. The number of morpholine rings is 1. The molecule has 4 nitrogen and oxygen atoms in total. The zero-order valence-electron chi connectivity index (χ0n) is 9.79. The number of ether oxygens (including phenoxy) is 1. The molecule has 2 N–H and O–H groups in total. The Morgan fingerprint density at radius 2 is 1.83 bits per heavy atom. The quantitative estimate of drug-likeness (QED) is 0.874. The summed E-state index contributed by atoms with van der Waals surface area (Å²) >= 11 is 0. The number of halogens is 2. The lowest BCUT2D eigenvalue weighted by Crippen LogP contribution is -2.35. The molecule has 0 unspecified atom stereocenters. The van der Waals surface area contributed by atoms with Crippen LogP contribution in [0.5, 0.6) is 0 Å². The third kappa shape index (κ3) is 2.83. The zero-order valence-corrected chi connectivity index (χ0v) is 9.79. The summed E-state index contributed by atoms with van der Waals surface area (Å²) in [7, 11) is 0. The molecule has 1 saturated heterocycles. The Bertz CT molecular complexity index is 436. The van der Waals surface area contributed by atoms with Gasteiger partial charge in [-0.3, -0.25) is 9.69 Å². The second-order valence-electron chi connectivity index (χ2n) is 4.19. The molecule has 1 aliphatic heterocycles. The van der Waals surface area contributed by atoms with Gasteiger partial charge >= 0.3 is 0 Å². The molecular formula is C12H14F2N2O2. The van der Waals surface area contributed by atoms with Gasteiger partial charge in [-0.2, -0.15) is 0 Å². The number of hydrogen-bond acceptors (Lipinski definition) is 3. The molecule has 2 rings (SSSR count). The minimum atomic E-state index is -1.09. The van der Waals surface area contributed by atoms with Gasteiger partial charge in [-0.05, 0) is 17.7 Å². The molecule has 98 valence electrons. The molecule has 1 aliphatic rings. The molecule has 1 aromatic carbocycles. The Balaban J connectivity index is 2.17. The number of amides is 1.